The molecule has 5 aromatic rings. The summed E-state index contributed by atoms with van der Waals surface area (Å²) in [5, 5.41) is 1.94. The Kier molecular flexibility index (Phi) is 4.90. The van der Waals surface area contributed by atoms with E-state index in [2.05, 4.69) is 50.7 Å². The molecule has 0 bridgehead atoms. The summed E-state index contributed by atoms with van der Waals surface area (Å²) in [5.41, 5.74) is 10.8. The number of nitrogens with one attached hydrogen (secondary N) is 1. The molecule has 0 aliphatic heterocycles. The molecule has 5 nitrogen and oxygen atoms in total. The van der Waals surface area contributed by atoms with Gasteiger partial charge in [0.2, 0.25) is 0 Å². The number of fused-ring (bicyclic) bond motifs is 2. The largest absolute Gasteiger partial charge is 0.383 e. The number of aromatic amines is 1. The lowest BCUT2D eigenvalue weighted by Crippen LogP contribution is -2.01. The lowest BCUT2D eigenvalue weighted by atomic mass is 10.0. The van der Waals surface area contributed by atoms with Crippen molar-refractivity contribution in [2.24, 2.45) is 0 Å². The van der Waals surface area contributed by atoms with Crippen molar-refractivity contribution in [2.75, 3.05) is 5.73 Å². The third-order valence-electron chi connectivity index (χ3n) is 5.74. The summed E-state index contributed by atoms with van der Waals surface area (Å²) in [6, 6.07) is 15.2. The number of unbranched alkanes of at least 4 members (excludes halogenated alkanes) is 1. The molecule has 0 aliphatic rings. The first-order valence-corrected chi connectivity index (χ1v) is 10.6. The molecule has 0 saturated heterocycles. The van der Waals surface area contributed by atoms with Crippen LogP contribution in [-0.4, -0.2) is 19.5 Å². The Morgan fingerprint density at radius 1 is 1.10 bits per heavy atom. The Morgan fingerprint density at radius 3 is 2.81 bits per heavy atom. The van der Waals surface area contributed by atoms with E-state index >= 15 is 0 Å². The zero-order valence-corrected chi connectivity index (χ0v) is 17.4. The molecule has 0 radical (unpaired) electrons. The summed E-state index contributed by atoms with van der Waals surface area (Å²) < 4.78 is 16.1. The molecule has 0 amide bonds. The molecule has 156 valence electrons. The smallest absolute Gasteiger partial charge is 0.143 e. The molecule has 5 rings (SSSR count). The van der Waals surface area contributed by atoms with Gasteiger partial charge in [0.05, 0.1) is 11.9 Å². The molecule has 0 saturated carbocycles. The third-order valence-corrected chi connectivity index (χ3v) is 5.74. The number of nitrogen functional groups attached to an aromatic ring is 1. The fraction of sp³-hybridized carbons (Fsp3) is 0.200. The monoisotopic (exact) mass is 413 g/mol. The van der Waals surface area contributed by atoms with Crippen LogP contribution in [0.3, 0.4) is 0 Å². The van der Waals surface area contributed by atoms with Crippen molar-refractivity contribution in [3.63, 3.8) is 0 Å². The topological polar surface area (TPSA) is 72.5 Å². The highest BCUT2D eigenvalue weighted by Crippen LogP contribution is 2.33. The van der Waals surface area contributed by atoms with Crippen LogP contribution in [0, 0.1) is 5.82 Å². The van der Waals surface area contributed by atoms with Gasteiger partial charge in [-0.3, -0.25) is 0 Å². The van der Waals surface area contributed by atoms with Crippen molar-refractivity contribution in [2.45, 2.75) is 32.7 Å². The van der Waals surface area contributed by atoms with Crippen LogP contribution in [-0.2, 0) is 13.0 Å². The number of hydrogen-bond acceptors (Lipinski definition) is 3. The Morgan fingerprint density at radius 2 is 1.97 bits per heavy atom. The van der Waals surface area contributed by atoms with Crippen molar-refractivity contribution in [3.8, 4) is 11.1 Å². The summed E-state index contributed by atoms with van der Waals surface area (Å²) in [7, 11) is 0. The second-order valence-corrected chi connectivity index (χ2v) is 7.86. The molecule has 0 atom stereocenters. The first-order valence-electron chi connectivity index (χ1n) is 10.6. The van der Waals surface area contributed by atoms with Gasteiger partial charge in [-0.15, -0.1) is 0 Å². The van der Waals surface area contributed by atoms with Crippen LogP contribution in [0.25, 0.3) is 33.1 Å². The number of aryl methyl sites for hydroxylation is 1. The molecule has 0 unspecified atom stereocenters. The van der Waals surface area contributed by atoms with Crippen LogP contribution in [0.1, 0.15) is 31.2 Å². The number of H-pyrrole nitrogens is 1. The lowest BCUT2D eigenvalue weighted by Gasteiger charge is -2.08. The second-order valence-electron chi connectivity index (χ2n) is 7.86. The summed E-state index contributed by atoms with van der Waals surface area (Å²) in [6.07, 6.45) is 6.89. The van der Waals surface area contributed by atoms with Gasteiger partial charge < -0.3 is 15.3 Å². The average molecular weight is 414 g/mol. The number of aromatic nitrogens is 4. The summed E-state index contributed by atoms with van der Waals surface area (Å²) >= 11 is 0. The molecular weight excluding hydrogens is 389 g/mol. The van der Waals surface area contributed by atoms with Gasteiger partial charge in [0.1, 0.15) is 23.1 Å². The Labute approximate surface area is 179 Å². The van der Waals surface area contributed by atoms with Crippen molar-refractivity contribution in [3.05, 3.63) is 78.1 Å². The van der Waals surface area contributed by atoms with E-state index < -0.39 is 0 Å². The van der Waals surface area contributed by atoms with Gasteiger partial charge in [-0.05, 0) is 36.2 Å². The predicted octanol–water partition coefficient (Wildman–Crippen LogP) is 5.69. The fourth-order valence-corrected chi connectivity index (χ4v) is 4.10. The number of halogens is 1. The van der Waals surface area contributed by atoms with Crippen molar-refractivity contribution < 1.29 is 4.39 Å². The SMILES string of the molecule is CCCCc1nc(N)c2c(-c3ccc4c(ccn4Cc4ccccc4F)c3)c[nH]c2n1. The molecule has 3 aromatic heterocycles. The summed E-state index contributed by atoms with van der Waals surface area (Å²) in [6.45, 7) is 2.64. The van der Waals surface area contributed by atoms with E-state index in [1.54, 1.807) is 6.07 Å². The number of anilines is 1. The maximum atomic E-state index is 14.1. The third kappa shape index (κ3) is 3.54. The average Bonchev–Trinajstić information content (AvgIpc) is 3.38. The quantitative estimate of drug-likeness (QED) is 0.375. The van der Waals surface area contributed by atoms with Crippen LogP contribution >= 0.6 is 0 Å². The minimum absolute atomic E-state index is 0.187. The standard InChI is InChI=1S/C25H24FN5/c1-2-3-8-22-29-24(27)23-19(14-28-25(23)30-22)16-9-10-21-17(13-16)11-12-31(21)15-18-6-4-5-7-20(18)26/h4-7,9-14H,2-3,8,15H2,1H3,(H3,27,28,29,30). The normalized spacial score (nSPS) is 11.5. The molecule has 6 heteroatoms. The van der Waals surface area contributed by atoms with Crippen molar-refractivity contribution in [1.29, 1.82) is 0 Å². The van der Waals surface area contributed by atoms with Crippen LogP contribution in [0.4, 0.5) is 10.2 Å². The van der Waals surface area contributed by atoms with Gasteiger partial charge in [0, 0.05) is 40.8 Å². The number of rotatable bonds is 6. The summed E-state index contributed by atoms with van der Waals surface area (Å²) in [4.78, 5) is 12.4. The fourth-order valence-electron chi connectivity index (χ4n) is 4.10. The molecule has 3 heterocycles. The molecule has 0 fully saturated rings. The van der Waals surface area contributed by atoms with Gasteiger partial charge in [-0.25, -0.2) is 14.4 Å². The van der Waals surface area contributed by atoms with E-state index in [0.717, 1.165) is 58.2 Å². The first-order chi connectivity index (χ1) is 15.1. The summed E-state index contributed by atoms with van der Waals surface area (Å²) in [5.74, 6) is 1.10. The second kappa shape index (κ2) is 7.87. The van der Waals surface area contributed by atoms with E-state index in [-0.39, 0.29) is 5.82 Å². The zero-order chi connectivity index (χ0) is 21.4. The van der Waals surface area contributed by atoms with Crippen LogP contribution in [0.5, 0.6) is 0 Å². The highest BCUT2D eigenvalue weighted by Gasteiger charge is 2.14. The van der Waals surface area contributed by atoms with Crippen LogP contribution < -0.4 is 5.73 Å². The van der Waals surface area contributed by atoms with Gasteiger partial charge in [0.25, 0.3) is 0 Å². The molecule has 31 heavy (non-hydrogen) atoms. The van der Waals surface area contributed by atoms with E-state index in [4.69, 9.17) is 5.73 Å². The van der Waals surface area contributed by atoms with E-state index in [1.165, 1.54) is 6.07 Å². The molecule has 0 aliphatic carbocycles. The first kappa shape index (κ1) is 19.3. The Balaban J connectivity index is 1.51. The van der Waals surface area contributed by atoms with Crippen molar-refractivity contribution >= 4 is 27.8 Å². The van der Waals surface area contributed by atoms with Crippen LogP contribution in [0.15, 0.2) is 60.9 Å². The lowest BCUT2D eigenvalue weighted by molar-refractivity contribution is 0.602. The number of benzene rings is 2. The van der Waals surface area contributed by atoms with Crippen LogP contribution in [0.2, 0.25) is 0 Å². The minimum Gasteiger partial charge on any atom is -0.383 e. The molecule has 2 aromatic carbocycles. The van der Waals surface area contributed by atoms with Gasteiger partial charge in [0.15, 0.2) is 0 Å². The van der Waals surface area contributed by atoms with E-state index in [1.807, 2.05) is 24.5 Å². The van der Waals surface area contributed by atoms with Gasteiger partial charge in [-0.1, -0.05) is 37.6 Å². The number of hydrogen-bond donors (Lipinski definition) is 2. The van der Waals surface area contributed by atoms with E-state index in [9.17, 15) is 4.39 Å². The van der Waals surface area contributed by atoms with Gasteiger partial charge >= 0.3 is 0 Å². The van der Waals surface area contributed by atoms with E-state index in [0.29, 0.717) is 17.9 Å². The number of nitrogens with zero attached hydrogens (tertiary/aromatic N) is 3. The van der Waals surface area contributed by atoms with Crippen molar-refractivity contribution in [1.82, 2.24) is 19.5 Å². The molecule has 0 spiro atoms. The minimum atomic E-state index is -0.187. The highest BCUT2D eigenvalue weighted by molar-refractivity contribution is 6.01. The zero-order valence-electron chi connectivity index (χ0n) is 17.4. The molecular formula is C25H24FN5. The maximum absolute atomic E-state index is 14.1. The Bertz CT molecular complexity index is 1380. The molecule has 3 N–H and O–H groups in total. The highest BCUT2D eigenvalue weighted by atomic mass is 19.1. The van der Waals surface area contributed by atoms with Gasteiger partial charge in [-0.2, -0.15) is 0 Å². The number of nitrogens with two attached hydrogens (primary N) is 1. The Hall–Kier alpha value is -3.67. The predicted molar refractivity (Wildman–Crippen MR) is 123 cm³/mol. The maximum Gasteiger partial charge on any atom is 0.143 e.